The lowest BCUT2D eigenvalue weighted by molar-refractivity contribution is 1.61. The molecule has 0 N–H and O–H groups in total. The van der Waals surface area contributed by atoms with E-state index in [2.05, 4.69) is 72.3 Å². The number of thiophene rings is 2. The zero-order chi connectivity index (χ0) is 16.5. The first-order valence-corrected chi connectivity index (χ1v) is 10.2. The van der Waals surface area contributed by atoms with Crippen LogP contribution in [0, 0.1) is 6.92 Å². The second-order valence-corrected chi connectivity index (χ2v) is 8.61. The first-order valence-electron chi connectivity index (χ1n) is 8.42. The van der Waals surface area contributed by atoms with Gasteiger partial charge >= 0.3 is 0 Å². The molecule has 0 aliphatic carbocycles. The lowest BCUT2D eigenvalue weighted by Crippen LogP contribution is -1.81. The highest BCUT2D eigenvalue weighted by Crippen LogP contribution is 2.37. The number of aryl methyl sites for hydroxylation is 1. The Kier molecular flexibility index (Phi) is 2.66. The quantitative estimate of drug-likeness (QED) is 0.243. The second-order valence-electron chi connectivity index (χ2n) is 6.75. The van der Waals surface area contributed by atoms with Crippen LogP contribution < -0.4 is 0 Å². The summed E-state index contributed by atoms with van der Waals surface area (Å²) in [7, 11) is 0. The van der Waals surface area contributed by atoms with Crippen LogP contribution >= 0.6 is 22.7 Å². The maximum absolute atomic E-state index is 2.38. The maximum Gasteiger partial charge on any atom is 0.0351 e. The molecule has 0 spiro atoms. The van der Waals surface area contributed by atoms with Crippen molar-refractivity contribution in [2.24, 2.45) is 0 Å². The van der Waals surface area contributed by atoms with E-state index in [1.807, 2.05) is 22.7 Å². The third kappa shape index (κ3) is 1.87. The van der Waals surface area contributed by atoms with Gasteiger partial charge in [-0.1, -0.05) is 24.3 Å². The predicted molar refractivity (Wildman–Crippen MR) is 114 cm³/mol. The molecular formula is C23H14S2. The smallest absolute Gasteiger partial charge is 0.0351 e. The Hall–Kier alpha value is -2.42. The van der Waals surface area contributed by atoms with E-state index in [1.165, 1.54) is 58.1 Å². The minimum Gasteiger partial charge on any atom is -0.144 e. The van der Waals surface area contributed by atoms with Gasteiger partial charge in [0.15, 0.2) is 0 Å². The monoisotopic (exact) mass is 354 g/mol. The van der Waals surface area contributed by atoms with Crippen LogP contribution in [0.4, 0.5) is 0 Å². The molecular weight excluding hydrogens is 340 g/mol. The van der Waals surface area contributed by atoms with Gasteiger partial charge in [-0.3, -0.25) is 0 Å². The minimum atomic E-state index is 1.33. The van der Waals surface area contributed by atoms with E-state index in [0.717, 1.165) is 0 Å². The summed E-state index contributed by atoms with van der Waals surface area (Å²) in [5.41, 5.74) is 1.37. The Morgan fingerprint density at radius 2 is 1.28 bits per heavy atom. The van der Waals surface area contributed by atoms with Crippen LogP contribution in [0.5, 0.6) is 0 Å². The van der Waals surface area contributed by atoms with Gasteiger partial charge in [-0.2, -0.15) is 0 Å². The van der Waals surface area contributed by atoms with Crippen molar-refractivity contribution in [3.63, 3.8) is 0 Å². The largest absolute Gasteiger partial charge is 0.144 e. The van der Waals surface area contributed by atoms with Gasteiger partial charge in [-0.05, 0) is 96.7 Å². The van der Waals surface area contributed by atoms with Crippen LogP contribution in [-0.2, 0) is 0 Å². The van der Waals surface area contributed by atoms with Crippen LogP contribution in [0.25, 0.3) is 52.5 Å². The summed E-state index contributed by atoms with van der Waals surface area (Å²) in [6.45, 7) is 2.21. The lowest BCUT2D eigenvalue weighted by Gasteiger charge is -2.09. The normalized spacial score (nSPS) is 12.2. The summed E-state index contributed by atoms with van der Waals surface area (Å²) in [5.74, 6) is 0. The molecule has 2 heteroatoms. The summed E-state index contributed by atoms with van der Waals surface area (Å²) in [6.07, 6.45) is 0. The molecule has 0 saturated carbocycles. The van der Waals surface area contributed by atoms with Gasteiger partial charge in [0, 0.05) is 9.40 Å². The van der Waals surface area contributed by atoms with Crippen molar-refractivity contribution in [3.8, 4) is 0 Å². The van der Waals surface area contributed by atoms with Crippen LogP contribution in [0.2, 0.25) is 0 Å². The number of hydrogen-bond acceptors (Lipinski definition) is 2. The average molecular weight is 354 g/mol. The molecule has 0 bridgehead atoms. The first kappa shape index (κ1) is 13.8. The zero-order valence-corrected chi connectivity index (χ0v) is 15.3. The maximum atomic E-state index is 2.38. The second kappa shape index (κ2) is 4.81. The fourth-order valence-electron chi connectivity index (χ4n) is 3.98. The summed E-state index contributed by atoms with van der Waals surface area (Å²) in [6, 6.07) is 20.8. The molecule has 25 heavy (non-hydrogen) atoms. The highest BCUT2D eigenvalue weighted by Gasteiger charge is 2.09. The molecule has 2 aromatic heterocycles. The summed E-state index contributed by atoms with van der Waals surface area (Å²) in [4.78, 5) is 0. The fraction of sp³-hybridized carbons (Fsp3) is 0.0435. The van der Waals surface area contributed by atoms with Crippen molar-refractivity contribution in [1.82, 2.24) is 0 Å². The van der Waals surface area contributed by atoms with E-state index in [-0.39, 0.29) is 0 Å². The summed E-state index contributed by atoms with van der Waals surface area (Å²) in [5, 5.41) is 15.2. The lowest BCUT2D eigenvalue weighted by atomic mass is 9.95. The number of fused-ring (bicyclic) bond motifs is 7. The molecule has 4 aromatic carbocycles. The standard InChI is InChI=1S/C23H14S2/c1-13-12-25-23-10-15-3-4-17-18(21(15)11-19(13)23)5-2-14-9-22-16(6-7-24-22)8-20(14)17/h2-12H,1H3. The number of hydrogen-bond donors (Lipinski definition) is 0. The van der Waals surface area contributed by atoms with Crippen molar-refractivity contribution in [2.45, 2.75) is 6.92 Å². The van der Waals surface area contributed by atoms with Gasteiger partial charge in [0.25, 0.3) is 0 Å². The van der Waals surface area contributed by atoms with Crippen molar-refractivity contribution in [1.29, 1.82) is 0 Å². The van der Waals surface area contributed by atoms with Crippen LogP contribution in [0.3, 0.4) is 0 Å². The van der Waals surface area contributed by atoms with E-state index in [4.69, 9.17) is 0 Å². The predicted octanol–water partition coefficient (Wildman–Crippen LogP) is 7.88. The SMILES string of the molecule is Cc1csc2cc3ccc4c5cc6ccsc6cc5ccc4c3cc12. The molecule has 2 heterocycles. The molecule has 0 aliphatic heterocycles. The Bertz CT molecular complexity index is 1450. The van der Waals surface area contributed by atoms with E-state index in [1.54, 1.807) is 0 Å². The van der Waals surface area contributed by atoms with Crippen molar-refractivity contribution in [3.05, 3.63) is 70.9 Å². The Labute approximate surface area is 152 Å². The Morgan fingerprint density at radius 1 is 0.560 bits per heavy atom. The van der Waals surface area contributed by atoms with Crippen LogP contribution in [0.15, 0.2) is 65.4 Å². The third-order valence-electron chi connectivity index (χ3n) is 5.29. The average Bonchev–Trinajstić information content (AvgIpc) is 3.24. The summed E-state index contributed by atoms with van der Waals surface area (Å²) >= 11 is 3.66. The van der Waals surface area contributed by atoms with E-state index < -0.39 is 0 Å². The molecule has 0 unspecified atom stereocenters. The van der Waals surface area contributed by atoms with Gasteiger partial charge in [-0.15, -0.1) is 22.7 Å². The molecule has 0 fully saturated rings. The minimum absolute atomic E-state index is 1.33. The highest BCUT2D eigenvalue weighted by molar-refractivity contribution is 7.17. The molecule has 0 saturated heterocycles. The van der Waals surface area contributed by atoms with Gasteiger partial charge in [0.05, 0.1) is 0 Å². The first-order chi connectivity index (χ1) is 12.3. The topological polar surface area (TPSA) is 0 Å². The molecule has 0 radical (unpaired) electrons. The zero-order valence-electron chi connectivity index (χ0n) is 13.7. The van der Waals surface area contributed by atoms with Gasteiger partial charge < -0.3 is 0 Å². The number of rotatable bonds is 0. The molecule has 0 atom stereocenters. The van der Waals surface area contributed by atoms with Crippen molar-refractivity contribution < 1.29 is 0 Å². The van der Waals surface area contributed by atoms with Crippen molar-refractivity contribution >= 4 is 75.2 Å². The Morgan fingerprint density at radius 3 is 2.08 bits per heavy atom. The van der Waals surface area contributed by atoms with Crippen LogP contribution in [-0.4, -0.2) is 0 Å². The molecule has 0 aliphatic rings. The van der Waals surface area contributed by atoms with E-state index in [0.29, 0.717) is 0 Å². The van der Waals surface area contributed by atoms with E-state index >= 15 is 0 Å². The summed E-state index contributed by atoms with van der Waals surface area (Å²) < 4.78 is 2.74. The van der Waals surface area contributed by atoms with Gasteiger partial charge in [0.2, 0.25) is 0 Å². The van der Waals surface area contributed by atoms with Crippen molar-refractivity contribution in [2.75, 3.05) is 0 Å². The highest BCUT2D eigenvalue weighted by atomic mass is 32.1. The fourth-order valence-corrected chi connectivity index (χ4v) is 5.77. The van der Waals surface area contributed by atoms with Gasteiger partial charge in [0.1, 0.15) is 0 Å². The van der Waals surface area contributed by atoms with Crippen LogP contribution in [0.1, 0.15) is 5.56 Å². The third-order valence-corrected chi connectivity index (χ3v) is 7.24. The molecule has 118 valence electrons. The van der Waals surface area contributed by atoms with E-state index in [9.17, 15) is 0 Å². The number of benzene rings is 4. The molecule has 6 aromatic rings. The molecule has 6 rings (SSSR count). The Balaban J connectivity index is 1.83. The van der Waals surface area contributed by atoms with Gasteiger partial charge in [-0.25, -0.2) is 0 Å². The molecule has 0 nitrogen and oxygen atoms in total. The molecule has 0 amide bonds.